The van der Waals surface area contributed by atoms with Crippen LogP contribution in [0.1, 0.15) is 15.9 Å². The zero-order valence-electron chi connectivity index (χ0n) is 15.5. The minimum Gasteiger partial charge on any atom is -0.348 e. The van der Waals surface area contributed by atoms with Crippen LogP contribution >= 0.6 is 23.2 Å². The average molecular weight is 449 g/mol. The molecular formula is C21H18Cl2N2O3S. The Bertz CT molecular complexity index is 1130. The molecule has 8 heteroatoms. The van der Waals surface area contributed by atoms with Crippen LogP contribution in [-0.4, -0.2) is 21.4 Å². The van der Waals surface area contributed by atoms with Gasteiger partial charge in [0, 0.05) is 29.2 Å². The standard InChI is InChI=1S/C21H18Cl2N2O3S/c1-25(29(27,28)20-10-8-17(22)9-11-20)19-7-3-5-16(13-19)21(26)24-14-15-4-2-6-18(23)12-15/h2-13H,14H2,1H3,(H,24,26). The van der Waals surface area contributed by atoms with E-state index in [2.05, 4.69) is 5.32 Å². The van der Waals surface area contributed by atoms with Gasteiger partial charge in [0.05, 0.1) is 10.6 Å². The Morgan fingerprint density at radius 2 is 1.62 bits per heavy atom. The molecule has 0 aliphatic heterocycles. The molecule has 0 saturated heterocycles. The van der Waals surface area contributed by atoms with Crippen molar-refractivity contribution in [3.05, 3.63) is 94.0 Å². The normalized spacial score (nSPS) is 11.1. The Labute approximate surface area is 179 Å². The summed E-state index contributed by atoms with van der Waals surface area (Å²) in [5.74, 6) is -0.316. The highest BCUT2D eigenvalue weighted by molar-refractivity contribution is 7.92. The first-order valence-corrected chi connectivity index (χ1v) is 10.8. The van der Waals surface area contributed by atoms with Gasteiger partial charge < -0.3 is 5.32 Å². The lowest BCUT2D eigenvalue weighted by Gasteiger charge is -2.20. The third-order valence-corrected chi connectivity index (χ3v) is 6.57. The maximum atomic E-state index is 12.8. The lowest BCUT2D eigenvalue weighted by Crippen LogP contribution is -2.27. The van der Waals surface area contributed by atoms with Crippen LogP contribution in [0.2, 0.25) is 10.0 Å². The molecule has 0 fully saturated rings. The number of nitrogens with one attached hydrogen (secondary N) is 1. The van der Waals surface area contributed by atoms with E-state index in [4.69, 9.17) is 23.2 Å². The van der Waals surface area contributed by atoms with Gasteiger partial charge in [-0.05, 0) is 60.2 Å². The molecule has 0 radical (unpaired) electrons. The molecule has 1 amide bonds. The first-order valence-electron chi connectivity index (χ1n) is 8.64. The monoisotopic (exact) mass is 448 g/mol. The van der Waals surface area contributed by atoms with Crippen LogP contribution in [0, 0.1) is 0 Å². The summed E-state index contributed by atoms with van der Waals surface area (Å²) in [5, 5.41) is 3.84. The zero-order chi connectivity index (χ0) is 21.0. The summed E-state index contributed by atoms with van der Waals surface area (Å²) in [6.45, 7) is 0.308. The third kappa shape index (κ3) is 5.09. The summed E-state index contributed by atoms with van der Waals surface area (Å²) in [5.41, 5.74) is 1.59. The topological polar surface area (TPSA) is 66.5 Å². The van der Waals surface area contributed by atoms with Crippen molar-refractivity contribution in [1.29, 1.82) is 0 Å². The molecule has 0 aliphatic rings. The Kier molecular flexibility index (Phi) is 6.47. The number of anilines is 1. The summed E-state index contributed by atoms with van der Waals surface area (Å²) in [4.78, 5) is 12.6. The molecule has 0 unspecified atom stereocenters. The van der Waals surface area contributed by atoms with Crippen LogP contribution in [0.5, 0.6) is 0 Å². The molecule has 3 rings (SSSR count). The van der Waals surface area contributed by atoms with Crippen molar-refractivity contribution in [2.24, 2.45) is 0 Å². The largest absolute Gasteiger partial charge is 0.348 e. The summed E-state index contributed by atoms with van der Waals surface area (Å²) in [6.07, 6.45) is 0. The minimum absolute atomic E-state index is 0.111. The van der Waals surface area contributed by atoms with E-state index in [1.54, 1.807) is 36.4 Å². The highest BCUT2D eigenvalue weighted by Crippen LogP contribution is 2.24. The van der Waals surface area contributed by atoms with E-state index < -0.39 is 10.0 Å². The van der Waals surface area contributed by atoms with E-state index in [9.17, 15) is 13.2 Å². The van der Waals surface area contributed by atoms with E-state index >= 15 is 0 Å². The molecule has 0 aromatic heterocycles. The first kappa shape index (κ1) is 21.2. The van der Waals surface area contributed by atoms with Crippen LogP contribution in [0.15, 0.2) is 77.7 Å². The predicted molar refractivity (Wildman–Crippen MR) is 116 cm³/mol. The quantitative estimate of drug-likeness (QED) is 0.591. The van der Waals surface area contributed by atoms with Gasteiger partial charge in [-0.15, -0.1) is 0 Å². The summed E-state index contributed by atoms with van der Waals surface area (Å²) < 4.78 is 26.8. The summed E-state index contributed by atoms with van der Waals surface area (Å²) in [7, 11) is -2.35. The van der Waals surface area contributed by atoms with Gasteiger partial charge >= 0.3 is 0 Å². The van der Waals surface area contributed by atoms with Gasteiger partial charge in [0.1, 0.15) is 0 Å². The molecule has 29 heavy (non-hydrogen) atoms. The molecule has 1 N–H and O–H groups in total. The summed E-state index contributed by atoms with van der Waals surface area (Å²) in [6, 6.07) is 19.5. The first-order chi connectivity index (χ1) is 13.8. The number of halogens is 2. The highest BCUT2D eigenvalue weighted by atomic mass is 35.5. The van der Waals surface area contributed by atoms with Crippen LogP contribution in [-0.2, 0) is 16.6 Å². The van der Waals surface area contributed by atoms with Crippen molar-refractivity contribution < 1.29 is 13.2 Å². The lowest BCUT2D eigenvalue weighted by atomic mass is 10.1. The van der Waals surface area contributed by atoms with Gasteiger partial charge in [-0.25, -0.2) is 8.42 Å². The van der Waals surface area contributed by atoms with E-state index in [1.807, 2.05) is 6.07 Å². The van der Waals surface area contributed by atoms with Crippen molar-refractivity contribution in [3.8, 4) is 0 Å². The van der Waals surface area contributed by atoms with E-state index in [-0.39, 0.29) is 10.8 Å². The van der Waals surface area contributed by atoms with Crippen LogP contribution < -0.4 is 9.62 Å². The van der Waals surface area contributed by atoms with Gasteiger partial charge in [-0.3, -0.25) is 9.10 Å². The number of benzene rings is 3. The van der Waals surface area contributed by atoms with Gasteiger partial charge in [-0.1, -0.05) is 41.4 Å². The Morgan fingerprint density at radius 1 is 0.931 bits per heavy atom. The number of amides is 1. The highest BCUT2D eigenvalue weighted by Gasteiger charge is 2.22. The molecule has 0 spiro atoms. The number of nitrogens with zero attached hydrogens (tertiary/aromatic N) is 1. The van der Waals surface area contributed by atoms with Crippen molar-refractivity contribution in [3.63, 3.8) is 0 Å². The fraction of sp³-hybridized carbons (Fsp3) is 0.0952. The second-order valence-electron chi connectivity index (χ2n) is 6.29. The van der Waals surface area contributed by atoms with Crippen LogP contribution in [0.3, 0.4) is 0 Å². The molecule has 3 aromatic carbocycles. The molecule has 0 saturated carbocycles. The number of rotatable bonds is 6. The van der Waals surface area contributed by atoms with Crippen LogP contribution in [0.4, 0.5) is 5.69 Å². The zero-order valence-corrected chi connectivity index (χ0v) is 17.8. The minimum atomic E-state index is -3.78. The molecule has 5 nitrogen and oxygen atoms in total. The molecular weight excluding hydrogens is 431 g/mol. The van der Waals surface area contributed by atoms with E-state index in [0.29, 0.717) is 27.8 Å². The smallest absolute Gasteiger partial charge is 0.264 e. The molecule has 0 aliphatic carbocycles. The van der Waals surface area contributed by atoms with E-state index in [0.717, 1.165) is 9.87 Å². The molecule has 0 heterocycles. The third-order valence-electron chi connectivity index (χ3n) is 4.29. The average Bonchev–Trinajstić information content (AvgIpc) is 2.72. The fourth-order valence-electron chi connectivity index (χ4n) is 2.68. The van der Waals surface area contributed by atoms with E-state index in [1.165, 1.54) is 37.4 Å². The molecule has 150 valence electrons. The number of hydrogen-bond donors (Lipinski definition) is 1. The van der Waals surface area contributed by atoms with Crippen molar-refractivity contribution in [1.82, 2.24) is 5.32 Å². The Hall–Kier alpha value is -2.54. The van der Waals surface area contributed by atoms with Gasteiger partial charge in [0.2, 0.25) is 0 Å². The van der Waals surface area contributed by atoms with Gasteiger partial charge in [0.15, 0.2) is 0 Å². The maximum absolute atomic E-state index is 12.8. The number of carbonyl (C=O) groups is 1. The summed E-state index contributed by atoms with van der Waals surface area (Å²) >= 11 is 11.8. The Morgan fingerprint density at radius 3 is 2.31 bits per heavy atom. The van der Waals surface area contributed by atoms with Crippen molar-refractivity contribution in [2.45, 2.75) is 11.4 Å². The Balaban J connectivity index is 1.77. The predicted octanol–water partition coefficient (Wildman–Crippen LogP) is 4.75. The second kappa shape index (κ2) is 8.86. The maximum Gasteiger partial charge on any atom is 0.264 e. The van der Waals surface area contributed by atoms with Crippen LogP contribution in [0.25, 0.3) is 0 Å². The number of carbonyl (C=O) groups excluding carboxylic acids is 1. The lowest BCUT2D eigenvalue weighted by molar-refractivity contribution is 0.0951. The van der Waals surface area contributed by atoms with Crippen molar-refractivity contribution in [2.75, 3.05) is 11.4 Å². The number of sulfonamides is 1. The van der Waals surface area contributed by atoms with Gasteiger partial charge in [0.25, 0.3) is 15.9 Å². The molecule has 3 aromatic rings. The molecule has 0 atom stereocenters. The second-order valence-corrected chi connectivity index (χ2v) is 9.13. The van der Waals surface area contributed by atoms with Gasteiger partial charge in [-0.2, -0.15) is 0 Å². The molecule has 0 bridgehead atoms. The fourth-order valence-corrected chi connectivity index (χ4v) is 4.20. The SMILES string of the molecule is CN(c1cccc(C(=O)NCc2cccc(Cl)c2)c1)S(=O)(=O)c1ccc(Cl)cc1. The van der Waals surface area contributed by atoms with Crippen molar-refractivity contribution >= 4 is 44.8 Å². The number of hydrogen-bond acceptors (Lipinski definition) is 3.